The number of halogens is 2. The van der Waals surface area contributed by atoms with Gasteiger partial charge < -0.3 is 19.5 Å². The van der Waals surface area contributed by atoms with Gasteiger partial charge in [0.05, 0.1) is 30.7 Å². The zero-order valence-electron chi connectivity index (χ0n) is 19.1. The van der Waals surface area contributed by atoms with E-state index in [-0.39, 0.29) is 17.4 Å². The van der Waals surface area contributed by atoms with Crippen molar-refractivity contribution in [2.75, 3.05) is 14.2 Å². The topological polar surface area (TPSA) is 73.9 Å². The smallest absolute Gasteiger partial charge is 0.336 e. The molecular weight excluding hydrogens is 461 g/mol. The van der Waals surface area contributed by atoms with Crippen LogP contribution in [0.3, 0.4) is 0 Å². The van der Waals surface area contributed by atoms with Crippen LogP contribution < -0.4 is 14.8 Å². The van der Waals surface area contributed by atoms with E-state index < -0.39 is 23.6 Å². The second kappa shape index (κ2) is 9.89. The Morgan fingerprint density at radius 1 is 1.18 bits per heavy atom. The summed E-state index contributed by atoms with van der Waals surface area (Å²) in [5.74, 6) is -0.989. The van der Waals surface area contributed by atoms with Crippen LogP contribution in [0.5, 0.6) is 11.5 Å². The molecule has 0 radical (unpaired) electrons. The predicted octanol–water partition coefficient (Wildman–Crippen LogP) is 5.06. The highest BCUT2D eigenvalue weighted by Gasteiger charge is 2.43. The molecule has 8 heteroatoms. The lowest BCUT2D eigenvalue weighted by molar-refractivity contribution is -0.136. The van der Waals surface area contributed by atoms with Crippen LogP contribution in [0.15, 0.2) is 59.4 Å². The summed E-state index contributed by atoms with van der Waals surface area (Å²) < 4.78 is 29.9. The number of ether oxygens (including phenoxy) is 3. The highest BCUT2D eigenvalue weighted by Crippen LogP contribution is 2.44. The molecule has 0 bridgehead atoms. The van der Waals surface area contributed by atoms with Gasteiger partial charge in [-0.2, -0.15) is 0 Å². The Hall–Kier alpha value is -3.32. The summed E-state index contributed by atoms with van der Waals surface area (Å²) in [6.07, 6.45) is 3.09. The minimum absolute atomic E-state index is 0.0358. The Labute approximate surface area is 202 Å². The van der Waals surface area contributed by atoms with E-state index in [0.29, 0.717) is 41.2 Å². The number of methoxy groups -OCH3 is 2. The molecule has 1 aliphatic heterocycles. The zero-order valence-corrected chi connectivity index (χ0v) is 19.9. The second-order valence-corrected chi connectivity index (χ2v) is 8.62. The van der Waals surface area contributed by atoms with E-state index in [1.165, 1.54) is 25.3 Å². The average Bonchev–Trinajstić information content (AvgIpc) is 2.83. The van der Waals surface area contributed by atoms with Gasteiger partial charge in [0.25, 0.3) is 0 Å². The third kappa shape index (κ3) is 4.53. The van der Waals surface area contributed by atoms with Crippen molar-refractivity contribution in [3.63, 3.8) is 0 Å². The number of carbonyl (C=O) groups excluding carboxylic acids is 2. The first-order chi connectivity index (χ1) is 16.3. The summed E-state index contributed by atoms with van der Waals surface area (Å²) in [6, 6.07) is 9.63. The third-order valence-electron chi connectivity index (χ3n) is 6.17. The van der Waals surface area contributed by atoms with Crippen LogP contribution in [0.4, 0.5) is 4.39 Å². The molecule has 0 aromatic heterocycles. The van der Waals surface area contributed by atoms with Gasteiger partial charge >= 0.3 is 5.97 Å². The first-order valence-electron chi connectivity index (χ1n) is 10.9. The lowest BCUT2D eigenvalue weighted by atomic mass is 9.71. The largest absolute Gasteiger partial charge is 0.496 e. The Kier molecular flexibility index (Phi) is 6.93. The zero-order chi connectivity index (χ0) is 24.4. The number of Topliss-reactive ketones (excluding diaryl/α,β-unsaturated/α-hetero) is 1. The van der Waals surface area contributed by atoms with Crippen molar-refractivity contribution in [2.45, 2.75) is 32.3 Å². The van der Waals surface area contributed by atoms with Crippen LogP contribution in [0.25, 0.3) is 0 Å². The molecule has 2 aliphatic rings. The van der Waals surface area contributed by atoms with E-state index in [2.05, 4.69) is 5.32 Å². The summed E-state index contributed by atoms with van der Waals surface area (Å²) in [4.78, 5) is 25.8. The lowest BCUT2D eigenvalue weighted by Crippen LogP contribution is -2.40. The number of benzene rings is 2. The van der Waals surface area contributed by atoms with Gasteiger partial charge in [0.2, 0.25) is 0 Å². The molecule has 6 nitrogen and oxygen atoms in total. The summed E-state index contributed by atoms with van der Waals surface area (Å²) in [7, 11) is 2.88. The van der Waals surface area contributed by atoms with Crippen molar-refractivity contribution >= 4 is 23.4 Å². The van der Waals surface area contributed by atoms with Crippen LogP contribution in [0.2, 0.25) is 5.02 Å². The molecule has 178 valence electrons. The summed E-state index contributed by atoms with van der Waals surface area (Å²) in [5, 5.41) is 3.20. The molecule has 4 rings (SSSR count). The predicted molar refractivity (Wildman–Crippen MR) is 125 cm³/mol. The molecule has 2 atom stereocenters. The van der Waals surface area contributed by atoms with Crippen molar-refractivity contribution in [3.05, 3.63) is 81.4 Å². The van der Waals surface area contributed by atoms with Crippen LogP contribution in [0.1, 0.15) is 36.8 Å². The fraction of sp³-hybridized carbons (Fsp3) is 0.308. The van der Waals surface area contributed by atoms with E-state index in [9.17, 15) is 14.0 Å². The first kappa shape index (κ1) is 23.8. The Bertz CT molecular complexity index is 1210. The molecule has 0 saturated heterocycles. The van der Waals surface area contributed by atoms with E-state index >= 15 is 0 Å². The minimum atomic E-state index is -0.530. The monoisotopic (exact) mass is 485 g/mol. The number of rotatable bonds is 6. The SMILES string of the molecule is COC(=O)C1=C(C)NC2=CCCC(=O)C2C1c1ccc(OC)c(COc2ccc(F)c(Cl)c2)c1. The van der Waals surface area contributed by atoms with E-state index in [1.54, 1.807) is 20.1 Å². The standard InChI is InChI=1S/C26H25ClFNO5/c1-14-23(26(31)33-3)24(25-20(29-14)5-4-6-21(25)30)15-7-10-22(32-2)16(11-15)13-34-17-8-9-19(28)18(27)12-17/h5,7-12,24-25,29H,4,6,13H2,1-3H3. The van der Waals surface area contributed by atoms with Crippen molar-refractivity contribution in [1.82, 2.24) is 5.32 Å². The highest BCUT2D eigenvalue weighted by molar-refractivity contribution is 6.30. The molecular formula is C26H25ClFNO5. The maximum absolute atomic E-state index is 13.5. The highest BCUT2D eigenvalue weighted by atomic mass is 35.5. The molecule has 2 unspecified atom stereocenters. The number of ketones is 1. The molecule has 0 spiro atoms. The van der Waals surface area contributed by atoms with Gasteiger partial charge in [-0.1, -0.05) is 23.7 Å². The van der Waals surface area contributed by atoms with Crippen LogP contribution in [0, 0.1) is 11.7 Å². The number of nitrogens with one attached hydrogen (secondary N) is 1. The van der Waals surface area contributed by atoms with Crippen molar-refractivity contribution in [3.8, 4) is 11.5 Å². The Balaban J connectivity index is 1.75. The van der Waals surface area contributed by atoms with Crippen LogP contribution in [-0.2, 0) is 20.9 Å². The molecule has 34 heavy (non-hydrogen) atoms. The van der Waals surface area contributed by atoms with E-state index in [1.807, 2.05) is 18.2 Å². The van der Waals surface area contributed by atoms with Gasteiger partial charge in [0, 0.05) is 35.4 Å². The molecule has 2 aromatic rings. The number of carbonyl (C=O) groups is 2. The molecule has 1 aliphatic carbocycles. The molecule has 1 heterocycles. The third-order valence-corrected chi connectivity index (χ3v) is 6.46. The number of hydrogen-bond acceptors (Lipinski definition) is 6. The molecule has 0 saturated carbocycles. The summed E-state index contributed by atoms with van der Waals surface area (Å²) in [5.41, 5.74) is 3.35. The van der Waals surface area contributed by atoms with Crippen LogP contribution >= 0.6 is 11.6 Å². The summed E-state index contributed by atoms with van der Waals surface area (Å²) in [6.45, 7) is 1.92. The van der Waals surface area contributed by atoms with Crippen molar-refractivity contribution in [1.29, 1.82) is 0 Å². The molecule has 0 amide bonds. The number of hydrogen-bond donors (Lipinski definition) is 1. The van der Waals surface area contributed by atoms with Crippen molar-refractivity contribution < 1.29 is 28.2 Å². The maximum atomic E-state index is 13.5. The van der Waals surface area contributed by atoms with Gasteiger partial charge in [0.1, 0.15) is 29.7 Å². The second-order valence-electron chi connectivity index (χ2n) is 8.21. The fourth-order valence-electron chi connectivity index (χ4n) is 4.59. The number of fused-ring (bicyclic) bond motifs is 1. The molecule has 1 N–H and O–H groups in total. The quantitative estimate of drug-likeness (QED) is 0.576. The Morgan fingerprint density at radius 3 is 2.68 bits per heavy atom. The first-order valence-corrected chi connectivity index (χ1v) is 11.2. The van der Waals surface area contributed by atoms with Gasteiger partial charge in [0.15, 0.2) is 0 Å². The van der Waals surface area contributed by atoms with Gasteiger partial charge in [-0.3, -0.25) is 4.79 Å². The molecule has 2 aromatic carbocycles. The fourth-order valence-corrected chi connectivity index (χ4v) is 4.76. The van der Waals surface area contributed by atoms with Crippen LogP contribution in [-0.4, -0.2) is 26.0 Å². The average molecular weight is 486 g/mol. The normalized spacial score (nSPS) is 19.7. The maximum Gasteiger partial charge on any atom is 0.336 e. The van der Waals surface area contributed by atoms with E-state index in [4.69, 9.17) is 25.8 Å². The number of allylic oxidation sites excluding steroid dienone is 3. The van der Waals surface area contributed by atoms with Gasteiger partial charge in [-0.15, -0.1) is 0 Å². The Morgan fingerprint density at radius 2 is 1.97 bits per heavy atom. The van der Waals surface area contributed by atoms with E-state index in [0.717, 1.165) is 11.3 Å². The lowest BCUT2D eigenvalue weighted by Gasteiger charge is -2.38. The van der Waals surface area contributed by atoms with Gasteiger partial charge in [-0.05, 0) is 43.2 Å². The van der Waals surface area contributed by atoms with Gasteiger partial charge in [-0.25, -0.2) is 9.18 Å². The number of esters is 1. The summed E-state index contributed by atoms with van der Waals surface area (Å²) >= 11 is 5.86. The minimum Gasteiger partial charge on any atom is -0.496 e. The molecule has 0 fully saturated rings. The van der Waals surface area contributed by atoms with Crippen molar-refractivity contribution in [2.24, 2.45) is 5.92 Å².